The fraction of sp³-hybridized carbons (Fsp3) is 0.182. The molecule has 0 aliphatic carbocycles. The van der Waals surface area contributed by atoms with Gasteiger partial charge in [0.15, 0.2) is 0 Å². The third kappa shape index (κ3) is 2.22. The zero-order valence-electron chi connectivity index (χ0n) is 8.33. The van der Waals surface area contributed by atoms with Gasteiger partial charge in [-0.15, -0.1) is 11.3 Å². The van der Waals surface area contributed by atoms with Gasteiger partial charge in [0, 0.05) is 23.2 Å². The molecule has 2 nitrogen and oxygen atoms in total. The van der Waals surface area contributed by atoms with Gasteiger partial charge >= 0.3 is 0 Å². The van der Waals surface area contributed by atoms with Crippen LogP contribution in [0.1, 0.15) is 10.4 Å². The van der Waals surface area contributed by atoms with Gasteiger partial charge in [-0.2, -0.15) is 0 Å². The number of hydrogen-bond acceptors (Lipinski definition) is 3. The first-order valence-corrected chi connectivity index (χ1v) is 5.43. The van der Waals surface area contributed by atoms with Gasteiger partial charge in [-0.05, 0) is 30.7 Å². The minimum absolute atomic E-state index is 0.227. The van der Waals surface area contributed by atoms with Crippen molar-refractivity contribution in [3.63, 3.8) is 0 Å². The van der Waals surface area contributed by atoms with E-state index in [1.165, 1.54) is 23.5 Å². The van der Waals surface area contributed by atoms with E-state index in [0.29, 0.717) is 6.54 Å². The third-order valence-corrected chi connectivity index (χ3v) is 3.11. The van der Waals surface area contributed by atoms with Gasteiger partial charge in [-0.3, -0.25) is 0 Å². The average molecular weight is 222 g/mol. The first kappa shape index (κ1) is 10.3. The van der Waals surface area contributed by atoms with Crippen LogP contribution in [-0.2, 0) is 6.54 Å². The summed E-state index contributed by atoms with van der Waals surface area (Å²) < 4.78 is 13.2. The zero-order chi connectivity index (χ0) is 10.8. The quantitative estimate of drug-likeness (QED) is 0.848. The van der Waals surface area contributed by atoms with Crippen LogP contribution in [0.2, 0.25) is 0 Å². The van der Waals surface area contributed by atoms with E-state index in [2.05, 4.69) is 4.98 Å². The van der Waals surface area contributed by atoms with E-state index in [0.717, 1.165) is 21.0 Å². The molecule has 0 aliphatic rings. The highest BCUT2D eigenvalue weighted by Gasteiger charge is 2.05. The standard InChI is InChI=1S/C11H11FN2S/c1-7-2-8(4-9(12)3-7)11-14-6-10(5-13)15-11/h2-4,6H,5,13H2,1H3. The van der Waals surface area contributed by atoms with E-state index in [-0.39, 0.29) is 5.82 Å². The second-order valence-electron chi connectivity index (χ2n) is 3.35. The average Bonchev–Trinajstić information content (AvgIpc) is 2.64. The Labute approximate surface area is 91.6 Å². The van der Waals surface area contributed by atoms with Crippen molar-refractivity contribution in [3.8, 4) is 10.6 Å². The van der Waals surface area contributed by atoms with Gasteiger partial charge < -0.3 is 5.73 Å². The van der Waals surface area contributed by atoms with Crippen LogP contribution >= 0.6 is 11.3 Å². The summed E-state index contributed by atoms with van der Waals surface area (Å²) in [6, 6.07) is 4.91. The molecule has 0 atom stereocenters. The second-order valence-corrected chi connectivity index (χ2v) is 4.47. The summed E-state index contributed by atoms with van der Waals surface area (Å²) >= 11 is 1.50. The molecular weight excluding hydrogens is 211 g/mol. The maximum Gasteiger partial charge on any atom is 0.124 e. The summed E-state index contributed by atoms with van der Waals surface area (Å²) in [6.07, 6.45) is 1.74. The minimum Gasteiger partial charge on any atom is -0.326 e. The molecule has 0 saturated carbocycles. The Morgan fingerprint density at radius 1 is 1.40 bits per heavy atom. The molecule has 0 saturated heterocycles. The van der Waals surface area contributed by atoms with Crippen LogP contribution in [0.4, 0.5) is 4.39 Å². The molecule has 0 bridgehead atoms. The maximum atomic E-state index is 13.2. The molecular formula is C11H11FN2S. The van der Waals surface area contributed by atoms with E-state index >= 15 is 0 Å². The molecule has 0 aliphatic heterocycles. The van der Waals surface area contributed by atoms with Gasteiger partial charge in [0.25, 0.3) is 0 Å². The number of aryl methyl sites for hydroxylation is 1. The number of halogens is 1. The maximum absolute atomic E-state index is 13.2. The van der Waals surface area contributed by atoms with Crippen molar-refractivity contribution in [2.45, 2.75) is 13.5 Å². The van der Waals surface area contributed by atoms with Gasteiger partial charge in [-0.25, -0.2) is 9.37 Å². The number of benzene rings is 1. The molecule has 1 aromatic heterocycles. The molecule has 15 heavy (non-hydrogen) atoms. The lowest BCUT2D eigenvalue weighted by Gasteiger charge is -1.98. The van der Waals surface area contributed by atoms with Crippen LogP contribution in [-0.4, -0.2) is 4.98 Å². The normalized spacial score (nSPS) is 10.6. The Hall–Kier alpha value is -1.26. The van der Waals surface area contributed by atoms with Crippen molar-refractivity contribution >= 4 is 11.3 Å². The summed E-state index contributed by atoms with van der Waals surface area (Å²) in [6.45, 7) is 2.34. The Morgan fingerprint density at radius 2 is 2.20 bits per heavy atom. The molecule has 0 unspecified atom stereocenters. The predicted molar refractivity (Wildman–Crippen MR) is 60.1 cm³/mol. The molecule has 0 fully saturated rings. The highest BCUT2D eigenvalue weighted by Crippen LogP contribution is 2.26. The van der Waals surface area contributed by atoms with Crippen LogP contribution in [0.15, 0.2) is 24.4 Å². The highest BCUT2D eigenvalue weighted by atomic mass is 32.1. The lowest BCUT2D eigenvalue weighted by molar-refractivity contribution is 0.627. The Balaban J connectivity index is 2.44. The highest BCUT2D eigenvalue weighted by molar-refractivity contribution is 7.15. The number of aromatic nitrogens is 1. The lowest BCUT2D eigenvalue weighted by atomic mass is 10.1. The Morgan fingerprint density at radius 3 is 2.80 bits per heavy atom. The largest absolute Gasteiger partial charge is 0.326 e. The second kappa shape index (κ2) is 4.08. The van der Waals surface area contributed by atoms with E-state index in [1.807, 2.05) is 13.0 Å². The van der Waals surface area contributed by atoms with Crippen molar-refractivity contribution in [2.75, 3.05) is 0 Å². The van der Waals surface area contributed by atoms with Crippen molar-refractivity contribution < 1.29 is 4.39 Å². The van der Waals surface area contributed by atoms with Crippen molar-refractivity contribution in [1.82, 2.24) is 4.98 Å². The van der Waals surface area contributed by atoms with Crippen LogP contribution in [0, 0.1) is 12.7 Å². The summed E-state index contributed by atoms with van der Waals surface area (Å²) in [5.74, 6) is -0.227. The van der Waals surface area contributed by atoms with Crippen molar-refractivity contribution in [2.24, 2.45) is 5.73 Å². The SMILES string of the molecule is Cc1cc(F)cc(-c2ncc(CN)s2)c1. The van der Waals surface area contributed by atoms with E-state index in [4.69, 9.17) is 5.73 Å². The molecule has 0 spiro atoms. The molecule has 78 valence electrons. The van der Waals surface area contributed by atoms with Crippen LogP contribution < -0.4 is 5.73 Å². The Bertz CT molecular complexity index is 459. The van der Waals surface area contributed by atoms with Gasteiger partial charge in [0.2, 0.25) is 0 Å². The first-order chi connectivity index (χ1) is 7.19. The topological polar surface area (TPSA) is 38.9 Å². The van der Waals surface area contributed by atoms with E-state index in [9.17, 15) is 4.39 Å². The van der Waals surface area contributed by atoms with Crippen LogP contribution in [0.25, 0.3) is 10.6 Å². The zero-order valence-corrected chi connectivity index (χ0v) is 9.14. The molecule has 0 amide bonds. The molecule has 2 aromatic rings. The van der Waals surface area contributed by atoms with Gasteiger partial charge in [0.1, 0.15) is 10.8 Å². The fourth-order valence-corrected chi connectivity index (χ4v) is 2.17. The molecule has 4 heteroatoms. The number of rotatable bonds is 2. The van der Waals surface area contributed by atoms with E-state index < -0.39 is 0 Å². The van der Waals surface area contributed by atoms with Crippen LogP contribution in [0.5, 0.6) is 0 Å². The van der Waals surface area contributed by atoms with Crippen molar-refractivity contribution in [1.29, 1.82) is 0 Å². The predicted octanol–water partition coefficient (Wildman–Crippen LogP) is 2.72. The number of hydrogen-bond donors (Lipinski definition) is 1. The van der Waals surface area contributed by atoms with E-state index in [1.54, 1.807) is 6.20 Å². The molecule has 1 heterocycles. The molecule has 2 rings (SSSR count). The molecule has 2 N–H and O–H groups in total. The number of thiazole rings is 1. The number of nitrogens with zero attached hydrogens (tertiary/aromatic N) is 1. The summed E-state index contributed by atoms with van der Waals surface area (Å²) in [5.41, 5.74) is 7.21. The minimum atomic E-state index is -0.227. The number of nitrogens with two attached hydrogens (primary N) is 1. The summed E-state index contributed by atoms with van der Waals surface area (Å²) in [7, 11) is 0. The summed E-state index contributed by atoms with van der Waals surface area (Å²) in [5, 5.41) is 0.818. The first-order valence-electron chi connectivity index (χ1n) is 4.61. The monoisotopic (exact) mass is 222 g/mol. The fourth-order valence-electron chi connectivity index (χ4n) is 1.40. The van der Waals surface area contributed by atoms with Crippen LogP contribution in [0.3, 0.4) is 0 Å². The molecule has 0 radical (unpaired) electrons. The lowest BCUT2D eigenvalue weighted by Crippen LogP contribution is -1.91. The van der Waals surface area contributed by atoms with Crippen molar-refractivity contribution in [3.05, 3.63) is 40.7 Å². The Kier molecular flexibility index (Phi) is 2.79. The smallest absolute Gasteiger partial charge is 0.124 e. The summed E-state index contributed by atoms with van der Waals surface area (Å²) in [4.78, 5) is 5.22. The molecule has 1 aromatic carbocycles. The van der Waals surface area contributed by atoms with Gasteiger partial charge in [0.05, 0.1) is 0 Å². The van der Waals surface area contributed by atoms with Gasteiger partial charge in [-0.1, -0.05) is 0 Å². The third-order valence-electron chi connectivity index (χ3n) is 2.04.